The molecule has 178 valence electrons. The minimum Gasteiger partial charge on any atom is -0.490 e. The minimum atomic E-state index is -0.340. The Hall–Kier alpha value is -4.08. The number of aromatic nitrogens is 4. The topological polar surface area (TPSA) is 105 Å². The van der Waals surface area contributed by atoms with Gasteiger partial charge in [0.2, 0.25) is 11.9 Å². The van der Waals surface area contributed by atoms with Crippen LogP contribution in [0.2, 0.25) is 5.02 Å². The molecule has 0 saturated carbocycles. The summed E-state index contributed by atoms with van der Waals surface area (Å²) >= 11 is 6.13. The Balaban J connectivity index is 1.64. The number of rotatable bonds is 9. The van der Waals surface area contributed by atoms with Crippen LogP contribution in [0.3, 0.4) is 0 Å². The van der Waals surface area contributed by atoms with Crippen LogP contribution in [0, 0.1) is 0 Å². The Kier molecular flexibility index (Phi) is 7.49. The molecule has 0 aliphatic rings. The summed E-state index contributed by atoms with van der Waals surface area (Å²) in [6.45, 7) is 4.72. The van der Waals surface area contributed by atoms with E-state index in [4.69, 9.17) is 16.3 Å². The fourth-order valence-electron chi connectivity index (χ4n) is 3.27. The van der Waals surface area contributed by atoms with Crippen molar-refractivity contribution >= 4 is 45.9 Å². The molecule has 35 heavy (non-hydrogen) atoms. The first kappa shape index (κ1) is 24.1. The van der Waals surface area contributed by atoms with E-state index in [2.05, 4.69) is 37.1 Å². The van der Waals surface area contributed by atoms with E-state index in [0.717, 1.165) is 17.7 Å². The molecular formula is C25H24ClN7O2. The Morgan fingerprint density at radius 1 is 1.17 bits per heavy atom. The Morgan fingerprint density at radius 2 is 2.03 bits per heavy atom. The Labute approximate surface area is 207 Å². The van der Waals surface area contributed by atoms with E-state index in [-0.39, 0.29) is 5.91 Å². The number of likely N-dealkylation sites (N-methyl/N-ethyl adjacent to an activating group) is 1. The van der Waals surface area contributed by atoms with Gasteiger partial charge < -0.3 is 20.3 Å². The number of nitrogens with one attached hydrogen (secondary N) is 2. The second-order valence-corrected chi connectivity index (χ2v) is 8.30. The van der Waals surface area contributed by atoms with Crippen LogP contribution in [-0.4, -0.2) is 58.0 Å². The first-order valence-electron chi connectivity index (χ1n) is 10.8. The quantitative estimate of drug-likeness (QED) is 0.330. The Morgan fingerprint density at radius 3 is 2.80 bits per heavy atom. The summed E-state index contributed by atoms with van der Waals surface area (Å²) < 4.78 is 5.86. The van der Waals surface area contributed by atoms with Gasteiger partial charge in [-0.3, -0.25) is 14.8 Å². The van der Waals surface area contributed by atoms with E-state index in [0.29, 0.717) is 45.7 Å². The molecule has 9 nitrogen and oxygen atoms in total. The van der Waals surface area contributed by atoms with E-state index in [1.807, 2.05) is 37.2 Å². The molecule has 4 rings (SSSR count). The van der Waals surface area contributed by atoms with Gasteiger partial charge in [0, 0.05) is 41.9 Å². The van der Waals surface area contributed by atoms with Gasteiger partial charge in [0.1, 0.15) is 23.4 Å². The number of hydrogen-bond acceptors (Lipinski definition) is 8. The highest BCUT2D eigenvalue weighted by Crippen LogP contribution is 2.31. The van der Waals surface area contributed by atoms with E-state index >= 15 is 0 Å². The van der Waals surface area contributed by atoms with Gasteiger partial charge in [-0.2, -0.15) is 0 Å². The number of ether oxygens (including phenoxy) is 1. The lowest BCUT2D eigenvalue weighted by atomic mass is 10.1. The maximum atomic E-state index is 12.0. The van der Waals surface area contributed by atoms with Crippen LogP contribution < -0.4 is 15.4 Å². The molecule has 0 fully saturated rings. The maximum Gasteiger partial charge on any atom is 0.247 e. The van der Waals surface area contributed by atoms with Crippen molar-refractivity contribution in [3.8, 4) is 16.9 Å². The molecule has 0 aliphatic heterocycles. The summed E-state index contributed by atoms with van der Waals surface area (Å²) in [6.07, 6.45) is 7.84. The van der Waals surface area contributed by atoms with Crippen molar-refractivity contribution < 1.29 is 9.53 Å². The molecular weight excluding hydrogens is 466 g/mol. The number of carbonyl (C=O) groups excluding carboxylic acids is 1. The van der Waals surface area contributed by atoms with Gasteiger partial charge in [-0.1, -0.05) is 18.2 Å². The first-order valence-corrected chi connectivity index (χ1v) is 11.2. The molecule has 3 aromatic heterocycles. The minimum absolute atomic E-state index is 0.340. The molecule has 2 N–H and O–H groups in total. The van der Waals surface area contributed by atoms with Gasteiger partial charge in [-0.25, -0.2) is 9.97 Å². The van der Waals surface area contributed by atoms with E-state index < -0.39 is 0 Å². The average Bonchev–Trinajstić information content (AvgIpc) is 2.84. The summed E-state index contributed by atoms with van der Waals surface area (Å²) in [4.78, 5) is 31.6. The molecule has 0 saturated heterocycles. The van der Waals surface area contributed by atoms with E-state index in [1.165, 1.54) is 6.08 Å². The second-order valence-electron chi connectivity index (χ2n) is 7.86. The number of amides is 1. The molecule has 1 amide bonds. The average molecular weight is 490 g/mol. The third-order valence-corrected chi connectivity index (χ3v) is 5.18. The number of carbonyl (C=O) groups is 1. The summed E-state index contributed by atoms with van der Waals surface area (Å²) in [5, 5.41) is 6.50. The predicted molar refractivity (Wildman–Crippen MR) is 138 cm³/mol. The number of nitrogens with zero attached hydrogens (tertiary/aromatic N) is 5. The number of pyridine rings is 2. The van der Waals surface area contributed by atoms with Gasteiger partial charge in [-0.15, -0.1) is 0 Å². The van der Waals surface area contributed by atoms with Crippen LogP contribution in [0.15, 0.2) is 67.8 Å². The van der Waals surface area contributed by atoms with E-state index in [9.17, 15) is 4.79 Å². The molecule has 0 atom stereocenters. The third-order valence-electron chi connectivity index (χ3n) is 4.97. The van der Waals surface area contributed by atoms with Crippen molar-refractivity contribution in [2.75, 3.05) is 37.9 Å². The summed E-state index contributed by atoms with van der Waals surface area (Å²) in [5.74, 6) is 0.573. The van der Waals surface area contributed by atoms with Gasteiger partial charge in [0.15, 0.2) is 0 Å². The van der Waals surface area contributed by atoms with Crippen LogP contribution in [0.5, 0.6) is 5.75 Å². The zero-order valence-corrected chi connectivity index (χ0v) is 20.1. The zero-order chi connectivity index (χ0) is 24.8. The normalized spacial score (nSPS) is 10.9. The van der Waals surface area contributed by atoms with Gasteiger partial charge in [0.05, 0.1) is 16.9 Å². The lowest BCUT2D eigenvalue weighted by Gasteiger charge is -2.16. The van der Waals surface area contributed by atoms with Crippen molar-refractivity contribution in [2.24, 2.45) is 0 Å². The highest BCUT2D eigenvalue weighted by Gasteiger charge is 2.12. The summed E-state index contributed by atoms with van der Waals surface area (Å²) in [6, 6.07) is 9.04. The predicted octanol–water partition coefficient (Wildman–Crippen LogP) is 4.55. The van der Waals surface area contributed by atoms with Crippen molar-refractivity contribution in [2.45, 2.75) is 0 Å². The molecule has 1 aromatic carbocycles. The number of halogens is 1. The number of benzene rings is 1. The number of anilines is 3. The van der Waals surface area contributed by atoms with E-state index in [1.54, 1.807) is 36.9 Å². The van der Waals surface area contributed by atoms with Crippen molar-refractivity contribution in [1.82, 2.24) is 24.8 Å². The fraction of sp³-hybridized carbons (Fsp3) is 0.160. The molecule has 10 heteroatoms. The maximum absolute atomic E-state index is 12.0. The van der Waals surface area contributed by atoms with Crippen LogP contribution in [-0.2, 0) is 4.79 Å². The number of fused-ring (bicyclic) bond motifs is 1. The molecule has 0 unspecified atom stereocenters. The zero-order valence-electron chi connectivity index (χ0n) is 19.3. The second kappa shape index (κ2) is 10.9. The standard InChI is InChI=1S/C25H24ClN7O2/c1-4-23(34)31-20-12-18(5-6-22(20)35-10-9-33(2)3)30-25-29-15-21-24(32-25)19(7-8-28-21)16-11-17(26)14-27-13-16/h4-8,11-15H,1,9-10H2,2-3H3,(H,31,34)(H,29,30,32). The van der Waals surface area contributed by atoms with Crippen LogP contribution in [0.25, 0.3) is 22.2 Å². The monoisotopic (exact) mass is 489 g/mol. The number of hydrogen-bond donors (Lipinski definition) is 2. The van der Waals surface area contributed by atoms with Gasteiger partial charge in [0.25, 0.3) is 0 Å². The summed E-state index contributed by atoms with van der Waals surface area (Å²) in [5.41, 5.74) is 4.11. The van der Waals surface area contributed by atoms with Gasteiger partial charge >= 0.3 is 0 Å². The first-order chi connectivity index (χ1) is 16.9. The SMILES string of the molecule is C=CC(=O)Nc1cc(Nc2ncc3nccc(-c4cncc(Cl)c4)c3n2)ccc1OCCN(C)C. The van der Waals surface area contributed by atoms with Crippen molar-refractivity contribution in [1.29, 1.82) is 0 Å². The van der Waals surface area contributed by atoms with Gasteiger partial charge in [-0.05, 0) is 50.5 Å². The lowest BCUT2D eigenvalue weighted by molar-refractivity contribution is -0.111. The van der Waals surface area contributed by atoms with Crippen LogP contribution >= 0.6 is 11.6 Å². The molecule has 0 bridgehead atoms. The highest BCUT2D eigenvalue weighted by molar-refractivity contribution is 6.30. The lowest BCUT2D eigenvalue weighted by Crippen LogP contribution is -2.20. The molecule has 0 aliphatic carbocycles. The fourth-order valence-corrected chi connectivity index (χ4v) is 3.45. The van der Waals surface area contributed by atoms with Crippen molar-refractivity contribution in [3.63, 3.8) is 0 Å². The highest BCUT2D eigenvalue weighted by atomic mass is 35.5. The largest absolute Gasteiger partial charge is 0.490 e. The summed E-state index contributed by atoms with van der Waals surface area (Å²) in [7, 11) is 3.92. The Bertz CT molecular complexity index is 1380. The smallest absolute Gasteiger partial charge is 0.247 e. The third kappa shape index (κ3) is 6.08. The molecule has 4 aromatic rings. The van der Waals surface area contributed by atoms with Crippen LogP contribution in [0.1, 0.15) is 0 Å². The molecule has 0 spiro atoms. The molecule has 3 heterocycles. The van der Waals surface area contributed by atoms with Crippen LogP contribution in [0.4, 0.5) is 17.3 Å². The molecule has 0 radical (unpaired) electrons. The van der Waals surface area contributed by atoms with Crippen molar-refractivity contribution in [3.05, 3.63) is 72.8 Å².